The summed E-state index contributed by atoms with van der Waals surface area (Å²) in [5.41, 5.74) is 2.50. The molecule has 2 atom stereocenters. The molecular formula is C23H31N5O2. The Morgan fingerprint density at radius 1 is 1.30 bits per heavy atom. The molecule has 1 saturated heterocycles. The smallest absolute Gasteiger partial charge is 0.300 e. The summed E-state index contributed by atoms with van der Waals surface area (Å²) in [5.74, 6) is 1.36. The fourth-order valence-electron chi connectivity index (χ4n) is 4.65. The number of hydrogen-bond donors (Lipinski definition) is 1. The summed E-state index contributed by atoms with van der Waals surface area (Å²) in [6.07, 6.45) is 8.66. The molecule has 1 N–H and O–H groups in total. The molecule has 1 aliphatic rings. The maximum absolute atomic E-state index is 12.3. The van der Waals surface area contributed by atoms with Crippen LogP contribution in [-0.2, 0) is 6.42 Å². The molecule has 4 rings (SSSR count). The molecule has 3 aromatic rings. The maximum atomic E-state index is 12.3. The normalized spacial score (nSPS) is 20.3. The second kappa shape index (κ2) is 8.22. The number of fused-ring (bicyclic) bond motifs is 1. The molecule has 0 aliphatic carbocycles. The molecule has 0 amide bonds. The number of piperidine rings is 1. The van der Waals surface area contributed by atoms with E-state index in [1.165, 1.54) is 29.5 Å². The van der Waals surface area contributed by atoms with Crippen molar-refractivity contribution < 1.29 is 0 Å². The molecule has 0 saturated carbocycles. The molecule has 30 heavy (non-hydrogen) atoms. The van der Waals surface area contributed by atoms with Crippen molar-refractivity contribution in [3.63, 3.8) is 0 Å². The van der Waals surface area contributed by atoms with Gasteiger partial charge >= 0.3 is 5.69 Å². The topological polar surface area (TPSA) is 75.4 Å². The lowest BCUT2D eigenvalue weighted by molar-refractivity contribution is 0.110. The first kappa shape index (κ1) is 20.6. The van der Waals surface area contributed by atoms with Gasteiger partial charge in [-0.05, 0) is 69.2 Å². The Hall–Kier alpha value is -2.67. The van der Waals surface area contributed by atoms with Gasteiger partial charge in [-0.2, -0.15) is 5.10 Å². The predicted octanol–water partition coefficient (Wildman–Crippen LogP) is 2.78. The van der Waals surface area contributed by atoms with Gasteiger partial charge in [0, 0.05) is 30.5 Å². The highest BCUT2D eigenvalue weighted by Crippen LogP contribution is 2.27. The Balaban J connectivity index is 1.58. The largest absolute Gasteiger partial charge is 0.333 e. The minimum Gasteiger partial charge on any atom is -0.300 e. The monoisotopic (exact) mass is 409 g/mol. The summed E-state index contributed by atoms with van der Waals surface area (Å²) in [7, 11) is 0. The van der Waals surface area contributed by atoms with Crippen LogP contribution in [0.25, 0.3) is 11.2 Å². The number of rotatable bonds is 5. The van der Waals surface area contributed by atoms with Gasteiger partial charge in [-0.3, -0.25) is 14.3 Å². The number of hydrogen-bond acceptors (Lipinski definition) is 4. The second-order valence-corrected chi connectivity index (χ2v) is 9.17. The first-order chi connectivity index (χ1) is 14.3. The van der Waals surface area contributed by atoms with E-state index in [-0.39, 0.29) is 5.56 Å². The first-order valence-electron chi connectivity index (χ1n) is 10.8. The Bertz CT molecular complexity index is 1160. The molecule has 4 heterocycles. The van der Waals surface area contributed by atoms with E-state index >= 15 is 0 Å². The lowest BCUT2D eigenvalue weighted by atomic mass is 9.86. The van der Waals surface area contributed by atoms with E-state index in [1.54, 1.807) is 23.8 Å². The summed E-state index contributed by atoms with van der Waals surface area (Å²) in [6, 6.07) is 4.86. The van der Waals surface area contributed by atoms with Gasteiger partial charge in [0.05, 0.1) is 17.4 Å². The van der Waals surface area contributed by atoms with Crippen molar-refractivity contribution in [2.75, 3.05) is 13.1 Å². The molecule has 160 valence electrons. The number of pyridine rings is 1. The highest BCUT2D eigenvalue weighted by Gasteiger charge is 2.26. The summed E-state index contributed by atoms with van der Waals surface area (Å²) in [4.78, 5) is 29.0. The van der Waals surface area contributed by atoms with Gasteiger partial charge in [0.1, 0.15) is 0 Å². The molecule has 7 nitrogen and oxygen atoms in total. The van der Waals surface area contributed by atoms with Gasteiger partial charge in [0.2, 0.25) is 0 Å². The average molecular weight is 410 g/mol. The Labute approximate surface area is 176 Å². The van der Waals surface area contributed by atoms with Gasteiger partial charge in [-0.1, -0.05) is 13.8 Å². The molecule has 0 unspecified atom stereocenters. The zero-order valence-electron chi connectivity index (χ0n) is 18.3. The Morgan fingerprint density at radius 3 is 2.83 bits per heavy atom. The van der Waals surface area contributed by atoms with Crippen molar-refractivity contribution in [1.82, 2.24) is 24.1 Å². The standard InChI is InChI=1S/C23H31N5O2/c1-15(2)13-26-7-5-18(9-17(26)4)10-19-6-8-28-20(11-19)21(12-24-28)27-14-16(3)22(29)25-23(27)30/h6,8,11-12,14-15,17-18H,5,7,9-10,13H2,1-4H3,(H,25,29,30)/t17-,18+/m0/s1. The molecule has 3 aromatic heterocycles. The molecular weight excluding hydrogens is 378 g/mol. The van der Waals surface area contributed by atoms with E-state index in [9.17, 15) is 9.59 Å². The van der Waals surface area contributed by atoms with Crippen LogP contribution in [0.3, 0.4) is 0 Å². The van der Waals surface area contributed by atoms with Gasteiger partial charge in [0.25, 0.3) is 5.56 Å². The van der Waals surface area contributed by atoms with Crippen LogP contribution in [0, 0.1) is 18.8 Å². The van der Waals surface area contributed by atoms with Crippen LogP contribution >= 0.6 is 0 Å². The van der Waals surface area contributed by atoms with E-state index in [0.29, 0.717) is 29.1 Å². The molecule has 0 radical (unpaired) electrons. The summed E-state index contributed by atoms with van der Waals surface area (Å²) in [5, 5.41) is 4.38. The molecule has 1 fully saturated rings. The van der Waals surface area contributed by atoms with Crippen LogP contribution in [0.15, 0.2) is 40.3 Å². The van der Waals surface area contributed by atoms with E-state index in [1.807, 2.05) is 6.20 Å². The van der Waals surface area contributed by atoms with E-state index < -0.39 is 5.69 Å². The molecule has 1 aliphatic heterocycles. The minimum atomic E-state index is -0.447. The summed E-state index contributed by atoms with van der Waals surface area (Å²) in [6.45, 7) is 10.9. The SMILES string of the molecule is Cc1cn(-c2cnn3ccc(C[C@@H]4CCN(CC(C)C)[C@@H](C)C4)cc23)c(=O)[nH]c1=O. The van der Waals surface area contributed by atoms with Crippen LogP contribution in [0.2, 0.25) is 0 Å². The van der Waals surface area contributed by atoms with Crippen molar-refractivity contribution in [3.05, 3.63) is 62.7 Å². The van der Waals surface area contributed by atoms with E-state index in [0.717, 1.165) is 18.5 Å². The Kier molecular flexibility index (Phi) is 5.64. The van der Waals surface area contributed by atoms with E-state index in [2.05, 4.69) is 47.9 Å². The lowest BCUT2D eigenvalue weighted by Gasteiger charge is -2.38. The first-order valence-corrected chi connectivity index (χ1v) is 10.8. The number of likely N-dealkylation sites (tertiary alicyclic amines) is 1. The molecule has 7 heteroatoms. The number of nitrogens with one attached hydrogen (secondary N) is 1. The molecule has 0 spiro atoms. The Morgan fingerprint density at radius 2 is 2.10 bits per heavy atom. The third-order valence-corrected chi connectivity index (χ3v) is 6.19. The summed E-state index contributed by atoms with van der Waals surface area (Å²) < 4.78 is 3.24. The van der Waals surface area contributed by atoms with E-state index in [4.69, 9.17) is 0 Å². The fraction of sp³-hybridized carbons (Fsp3) is 0.522. The van der Waals surface area contributed by atoms with Crippen LogP contribution < -0.4 is 11.2 Å². The predicted molar refractivity (Wildman–Crippen MR) is 118 cm³/mol. The van der Waals surface area contributed by atoms with Crippen molar-refractivity contribution in [3.8, 4) is 5.69 Å². The average Bonchev–Trinajstić information content (AvgIpc) is 3.10. The number of aromatic amines is 1. The van der Waals surface area contributed by atoms with Crippen LogP contribution in [-0.4, -0.2) is 43.2 Å². The number of aryl methyl sites for hydroxylation is 1. The maximum Gasteiger partial charge on any atom is 0.333 e. The van der Waals surface area contributed by atoms with Gasteiger partial charge in [-0.25, -0.2) is 9.31 Å². The zero-order valence-corrected chi connectivity index (χ0v) is 18.3. The van der Waals surface area contributed by atoms with Crippen LogP contribution in [0.4, 0.5) is 0 Å². The molecule has 0 bridgehead atoms. The molecule has 0 aromatic carbocycles. The third-order valence-electron chi connectivity index (χ3n) is 6.19. The van der Waals surface area contributed by atoms with Gasteiger partial charge in [0.15, 0.2) is 0 Å². The van der Waals surface area contributed by atoms with Crippen LogP contribution in [0.5, 0.6) is 0 Å². The number of aromatic nitrogens is 4. The second-order valence-electron chi connectivity index (χ2n) is 9.17. The van der Waals surface area contributed by atoms with Crippen LogP contribution in [0.1, 0.15) is 44.7 Å². The zero-order chi connectivity index (χ0) is 21.4. The highest BCUT2D eigenvalue weighted by molar-refractivity contribution is 5.64. The third kappa shape index (κ3) is 4.12. The summed E-state index contributed by atoms with van der Waals surface area (Å²) >= 11 is 0. The minimum absolute atomic E-state index is 0.355. The van der Waals surface area contributed by atoms with Crippen molar-refractivity contribution >= 4 is 5.52 Å². The van der Waals surface area contributed by atoms with Crippen molar-refractivity contribution in [1.29, 1.82) is 0 Å². The number of H-pyrrole nitrogens is 1. The van der Waals surface area contributed by atoms with Crippen molar-refractivity contribution in [2.45, 2.75) is 53.0 Å². The lowest BCUT2D eigenvalue weighted by Crippen LogP contribution is -2.43. The fourth-order valence-corrected chi connectivity index (χ4v) is 4.65. The van der Waals surface area contributed by atoms with Gasteiger partial charge < -0.3 is 4.90 Å². The number of nitrogens with zero attached hydrogens (tertiary/aromatic N) is 4. The highest BCUT2D eigenvalue weighted by atomic mass is 16.2. The quantitative estimate of drug-likeness (QED) is 0.703. The van der Waals surface area contributed by atoms with Crippen molar-refractivity contribution in [2.24, 2.45) is 11.8 Å². The van der Waals surface area contributed by atoms with Gasteiger partial charge in [-0.15, -0.1) is 0 Å².